The van der Waals surface area contributed by atoms with E-state index in [9.17, 15) is 9.59 Å². The molecule has 1 fully saturated rings. The van der Waals surface area contributed by atoms with Gasteiger partial charge in [-0.15, -0.1) is 0 Å². The topological polar surface area (TPSA) is 49.9 Å². The van der Waals surface area contributed by atoms with Crippen LogP contribution in [0.4, 0.5) is 4.79 Å². The number of carbonyl (C=O) groups excluding carboxylic acids is 2. The van der Waals surface area contributed by atoms with Crippen molar-refractivity contribution < 1.29 is 14.3 Å². The Balaban J connectivity index is 2.39. The van der Waals surface area contributed by atoms with Crippen LogP contribution >= 0.6 is 12.6 Å². The third-order valence-corrected chi connectivity index (χ3v) is 2.70. The molecule has 0 N–H and O–H groups in total. The van der Waals surface area contributed by atoms with Gasteiger partial charge in [0.05, 0.1) is 11.9 Å². The first-order chi connectivity index (χ1) is 7.56. The lowest BCUT2D eigenvalue weighted by Crippen LogP contribution is -2.52. The molecule has 0 aromatic carbocycles. The zero-order chi connectivity index (χ0) is 12.1. The summed E-state index contributed by atoms with van der Waals surface area (Å²) in [5.74, 6) is 0.0202. The minimum Gasteiger partial charge on any atom is -0.450 e. The molecule has 0 spiro atoms. The number of piperazine rings is 1. The van der Waals surface area contributed by atoms with Gasteiger partial charge in [0.15, 0.2) is 0 Å². The molecule has 1 rings (SSSR count). The van der Waals surface area contributed by atoms with Crippen molar-refractivity contribution in [3.05, 3.63) is 0 Å². The van der Waals surface area contributed by atoms with Crippen LogP contribution in [0.3, 0.4) is 0 Å². The minimum atomic E-state index is -0.298. The van der Waals surface area contributed by atoms with Crippen LogP contribution in [0.2, 0.25) is 0 Å². The maximum Gasteiger partial charge on any atom is 0.409 e. The first kappa shape index (κ1) is 13.2. The van der Waals surface area contributed by atoms with Gasteiger partial charge in [-0.3, -0.25) is 4.79 Å². The molecular formula is C10H18N2O3S. The lowest BCUT2D eigenvalue weighted by molar-refractivity contribution is -0.131. The third-order valence-electron chi connectivity index (χ3n) is 2.47. The fourth-order valence-corrected chi connectivity index (χ4v) is 1.75. The van der Waals surface area contributed by atoms with E-state index in [1.54, 1.807) is 23.6 Å². The molecule has 1 atom stereocenters. The molecule has 92 valence electrons. The predicted octanol–water partition coefficient (Wildman–Crippen LogP) is 0.605. The zero-order valence-electron chi connectivity index (χ0n) is 9.68. The lowest BCUT2D eigenvalue weighted by atomic mass is 10.3. The summed E-state index contributed by atoms with van der Waals surface area (Å²) in [6, 6.07) is 0. The number of hydrogen-bond acceptors (Lipinski definition) is 4. The van der Waals surface area contributed by atoms with Crippen LogP contribution in [0.15, 0.2) is 0 Å². The molecule has 0 aromatic rings. The molecule has 5 nitrogen and oxygen atoms in total. The first-order valence-corrected chi connectivity index (χ1v) is 5.96. The van der Waals surface area contributed by atoms with Gasteiger partial charge < -0.3 is 14.5 Å². The molecule has 1 aliphatic heterocycles. The van der Waals surface area contributed by atoms with Gasteiger partial charge in [-0.1, -0.05) is 0 Å². The number of thiol groups is 1. The fourth-order valence-electron chi connectivity index (χ4n) is 1.59. The van der Waals surface area contributed by atoms with Gasteiger partial charge in [-0.25, -0.2) is 4.79 Å². The summed E-state index contributed by atoms with van der Waals surface area (Å²) in [5, 5.41) is -0.283. The monoisotopic (exact) mass is 246 g/mol. The molecular weight excluding hydrogens is 228 g/mol. The van der Waals surface area contributed by atoms with Gasteiger partial charge in [-0.05, 0) is 13.8 Å². The van der Waals surface area contributed by atoms with Crippen LogP contribution in [0, 0.1) is 0 Å². The Hall–Kier alpha value is -0.910. The number of rotatable bonds is 2. The smallest absolute Gasteiger partial charge is 0.409 e. The number of carbonyl (C=O) groups is 2. The molecule has 1 unspecified atom stereocenters. The van der Waals surface area contributed by atoms with Crippen molar-refractivity contribution in [2.24, 2.45) is 0 Å². The van der Waals surface area contributed by atoms with Crippen LogP contribution < -0.4 is 0 Å². The van der Waals surface area contributed by atoms with E-state index >= 15 is 0 Å². The SMILES string of the molecule is CCOC(=O)N1CCN(C(=O)C(C)S)CC1. The largest absolute Gasteiger partial charge is 0.450 e. The average molecular weight is 246 g/mol. The first-order valence-electron chi connectivity index (χ1n) is 5.44. The number of hydrogen-bond donors (Lipinski definition) is 1. The van der Waals surface area contributed by atoms with Crippen molar-refractivity contribution >= 4 is 24.6 Å². The summed E-state index contributed by atoms with van der Waals surface area (Å²) in [7, 11) is 0. The third kappa shape index (κ3) is 3.30. The Morgan fingerprint density at radius 2 is 1.75 bits per heavy atom. The Morgan fingerprint density at radius 3 is 2.19 bits per heavy atom. The van der Waals surface area contributed by atoms with Crippen molar-refractivity contribution in [2.45, 2.75) is 19.1 Å². The van der Waals surface area contributed by atoms with E-state index in [2.05, 4.69) is 12.6 Å². The predicted molar refractivity (Wildman–Crippen MR) is 63.6 cm³/mol. The van der Waals surface area contributed by atoms with Crippen LogP contribution in [0.25, 0.3) is 0 Å². The molecule has 6 heteroatoms. The Bertz CT molecular complexity index is 263. The van der Waals surface area contributed by atoms with Crippen LogP contribution in [-0.4, -0.2) is 59.8 Å². The van der Waals surface area contributed by atoms with E-state index in [0.29, 0.717) is 32.8 Å². The van der Waals surface area contributed by atoms with Gasteiger partial charge in [0, 0.05) is 26.2 Å². The Labute approximate surface area is 101 Å². The zero-order valence-corrected chi connectivity index (χ0v) is 10.6. The molecule has 1 saturated heterocycles. The summed E-state index contributed by atoms with van der Waals surface area (Å²) in [4.78, 5) is 26.4. The molecule has 0 bridgehead atoms. The quantitative estimate of drug-likeness (QED) is 0.726. The van der Waals surface area contributed by atoms with E-state index < -0.39 is 0 Å². The fraction of sp³-hybridized carbons (Fsp3) is 0.800. The highest BCUT2D eigenvalue weighted by molar-refractivity contribution is 7.81. The van der Waals surface area contributed by atoms with Crippen molar-refractivity contribution in [2.75, 3.05) is 32.8 Å². The normalized spacial score (nSPS) is 18.2. The maximum absolute atomic E-state index is 11.6. The molecule has 1 heterocycles. The van der Waals surface area contributed by atoms with Crippen molar-refractivity contribution in [3.63, 3.8) is 0 Å². The van der Waals surface area contributed by atoms with Crippen molar-refractivity contribution in [3.8, 4) is 0 Å². The van der Waals surface area contributed by atoms with Gasteiger partial charge in [0.2, 0.25) is 5.91 Å². The average Bonchev–Trinajstić information content (AvgIpc) is 2.28. The second-order valence-electron chi connectivity index (χ2n) is 3.69. The highest BCUT2D eigenvalue weighted by Gasteiger charge is 2.25. The van der Waals surface area contributed by atoms with E-state index in [4.69, 9.17) is 4.74 Å². The van der Waals surface area contributed by atoms with E-state index in [1.165, 1.54) is 0 Å². The van der Waals surface area contributed by atoms with Crippen molar-refractivity contribution in [1.82, 2.24) is 9.80 Å². The van der Waals surface area contributed by atoms with Crippen LogP contribution in [0.5, 0.6) is 0 Å². The van der Waals surface area contributed by atoms with Gasteiger partial charge in [0.1, 0.15) is 0 Å². The number of nitrogens with zero attached hydrogens (tertiary/aromatic N) is 2. The molecule has 1 aliphatic rings. The van der Waals surface area contributed by atoms with Gasteiger partial charge >= 0.3 is 6.09 Å². The van der Waals surface area contributed by atoms with Gasteiger partial charge in [-0.2, -0.15) is 12.6 Å². The maximum atomic E-state index is 11.6. The molecule has 16 heavy (non-hydrogen) atoms. The van der Waals surface area contributed by atoms with Crippen molar-refractivity contribution in [1.29, 1.82) is 0 Å². The van der Waals surface area contributed by atoms with E-state index in [1.807, 2.05) is 0 Å². The standard InChI is InChI=1S/C10H18N2O3S/c1-3-15-10(14)12-6-4-11(5-7-12)9(13)8(2)16/h8,16H,3-7H2,1-2H3. The second-order valence-corrected chi connectivity index (χ2v) is 4.46. The van der Waals surface area contributed by atoms with Crippen LogP contribution in [-0.2, 0) is 9.53 Å². The lowest BCUT2D eigenvalue weighted by Gasteiger charge is -2.34. The summed E-state index contributed by atoms with van der Waals surface area (Å²) in [5.41, 5.74) is 0. The summed E-state index contributed by atoms with van der Waals surface area (Å²) in [6.07, 6.45) is -0.298. The highest BCUT2D eigenvalue weighted by atomic mass is 32.1. The van der Waals surface area contributed by atoms with E-state index in [0.717, 1.165) is 0 Å². The molecule has 0 aromatic heterocycles. The second kappa shape index (κ2) is 5.98. The molecule has 0 radical (unpaired) electrons. The number of ether oxygens (including phenoxy) is 1. The number of amides is 2. The van der Waals surface area contributed by atoms with Gasteiger partial charge in [0.25, 0.3) is 0 Å². The van der Waals surface area contributed by atoms with E-state index in [-0.39, 0.29) is 17.3 Å². The van der Waals surface area contributed by atoms with Crippen LogP contribution in [0.1, 0.15) is 13.8 Å². The minimum absolute atomic E-state index is 0.0202. The Kier molecular flexibility index (Phi) is 4.92. The highest BCUT2D eigenvalue weighted by Crippen LogP contribution is 2.07. The summed E-state index contributed by atoms with van der Waals surface area (Å²) >= 11 is 4.10. The summed E-state index contributed by atoms with van der Waals surface area (Å²) in [6.45, 7) is 6.09. The molecule has 2 amide bonds. The molecule has 0 saturated carbocycles. The molecule has 0 aliphatic carbocycles. The summed E-state index contributed by atoms with van der Waals surface area (Å²) < 4.78 is 4.89. The Morgan fingerprint density at radius 1 is 1.25 bits per heavy atom.